The number of rotatable bonds is 6. The number of benzene rings is 1. The van der Waals surface area contributed by atoms with E-state index in [9.17, 15) is 19.5 Å². The first-order valence-corrected chi connectivity index (χ1v) is 8.01. The highest BCUT2D eigenvalue weighted by Crippen LogP contribution is 2.30. The first-order chi connectivity index (χ1) is 11.4. The summed E-state index contributed by atoms with van der Waals surface area (Å²) in [6.07, 6.45) is -0.261. The van der Waals surface area contributed by atoms with Crippen molar-refractivity contribution in [3.63, 3.8) is 0 Å². The van der Waals surface area contributed by atoms with E-state index in [0.29, 0.717) is 11.3 Å². The third-order valence-electron chi connectivity index (χ3n) is 3.71. The number of nitrogens with one attached hydrogen (secondary N) is 1. The number of methoxy groups -OCH3 is 1. The quantitative estimate of drug-likeness (QED) is 0.784. The topological polar surface area (TPSA) is 92.7 Å². The Kier molecular flexibility index (Phi) is 5.35. The third-order valence-corrected chi connectivity index (χ3v) is 4.60. The molecule has 126 valence electrons. The molecule has 0 saturated heterocycles. The molecule has 1 atom stereocenters. The zero-order chi connectivity index (χ0) is 17.7. The van der Waals surface area contributed by atoms with Crippen molar-refractivity contribution in [2.24, 2.45) is 0 Å². The molecule has 1 aromatic heterocycles. The fourth-order valence-corrected chi connectivity index (χ4v) is 3.05. The van der Waals surface area contributed by atoms with Crippen LogP contribution >= 0.6 is 11.3 Å². The summed E-state index contributed by atoms with van der Waals surface area (Å²) in [5.74, 6) is -2.14. The van der Waals surface area contributed by atoms with Gasteiger partial charge in [0, 0.05) is 6.42 Å². The average molecular weight is 347 g/mol. The second-order valence-corrected chi connectivity index (χ2v) is 6.30. The van der Waals surface area contributed by atoms with Gasteiger partial charge >= 0.3 is 11.9 Å². The molecule has 0 aliphatic carbocycles. The van der Waals surface area contributed by atoms with Crippen LogP contribution in [0.3, 0.4) is 0 Å². The number of hydrogen-bond acceptors (Lipinski definition) is 5. The number of hydrogen-bond donors (Lipinski definition) is 2. The largest absolute Gasteiger partial charge is 0.481 e. The molecule has 0 aliphatic rings. The smallest absolute Gasteiger partial charge is 0.350 e. The molecular formula is C17H17NO5S. The van der Waals surface area contributed by atoms with Crippen molar-refractivity contribution in [2.45, 2.75) is 18.8 Å². The lowest BCUT2D eigenvalue weighted by Gasteiger charge is -2.24. The molecule has 7 heteroatoms. The first kappa shape index (κ1) is 17.7. The summed E-state index contributed by atoms with van der Waals surface area (Å²) < 4.78 is 4.65. The Balaban J connectivity index is 2.20. The summed E-state index contributed by atoms with van der Waals surface area (Å²) in [7, 11) is 1.25. The van der Waals surface area contributed by atoms with Gasteiger partial charge in [0.1, 0.15) is 4.88 Å². The van der Waals surface area contributed by atoms with E-state index in [0.717, 1.165) is 11.3 Å². The molecule has 0 radical (unpaired) electrons. The molecule has 0 saturated carbocycles. The predicted octanol–water partition coefficient (Wildman–Crippen LogP) is 2.91. The van der Waals surface area contributed by atoms with Gasteiger partial charge < -0.3 is 15.2 Å². The fourth-order valence-electron chi connectivity index (χ4n) is 2.28. The number of carboxylic acids is 1. The fraction of sp³-hybridized carbons (Fsp3) is 0.235. The van der Waals surface area contributed by atoms with Crippen LogP contribution in [0.4, 0.5) is 5.69 Å². The minimum Gasteiger partial charge on any atom is -0.481 e. The van der Waals surface area contributed by atoms with Gasteiger partial charge in [-0.15, -0.1) is 11.3 Å². The van der Waals surface area contributed by atoms with Gasteiger partial charge in [0.2, 0.25) is 5.91 Å². The summed E-state index contributed by atoms with van der Waals surface area (Å²) >= 11 is 1.14. The summed E-state index contributed by atoms with van der Waals surface area (Å²) in [5, 5.41) is 13.8. The van der Waals surface area contributed by atoms with E-state index in [1.807, 2.05) is 0 Å². The highest BCUT2D eigenvalue weighted by atomic mass is 32.1. The maximum Gasteiger partial charge on any atom is 0.350 e. The van der Waals surface area contributed by atoms with Crippen molar-refractivity contribution in [3.8, 4) is 0 Å². The second kappa shape index (κ2) is 7.27. The summed E-state index contributed by atoms with van der Waals surface area (Å²) in [4.78, 5) is 36.0. The second-order valence-electron chi connectivity index (χ2n) is 5.38. The molecule has 0 bridgehead atoms. The van der Waals surface area contributed by atoms with Gasteiger partial charge in [-0.25, -0.2) is 4.79 Å². The van der Waals surface area contributed by atoms with Gasteiger partial charge in [-0.3, -0.25) is 9.59 Å². The Bertz CT molecular complexity index is 755. The lowest BCUT2D eigenvalue weighted by atomic mass is 9.79. The molecule has 0 aliphatic heterocycles. The highest BCUT2D eigenvalue weighted by molar-refractivity contribution is 7.12. The number of esters is 1. The van der Waals surface area contributed by atoms with Crippen LogP contribution in [0, 0.1) is 0 Å². The van der Waals surface area contributed by atoms with Crippen LogP contribution < -0.4 is 5.32 Å². The van der Waals surface area contributed by atoms with E-state index < -0.39 is 23.3 Å². The Labute approximate surface area is 143 Å². The number of carbonyl (C=O) groups excluding carboxylic acids is 2. The number of anilines is 1. The zero-order valence-corrected chi connectivity index (χ0v) is 14.1. The molecule has 2 rings (SSSR count). The highest BCUT2D eigenvalue weighted by Gasteiger charge is 2.37. The van der Waals surface area contributed by atoms with Crippen LogP contribution in [0.25, 0.3) is 0 Å². The number of carboxylic acid groups (broad SMARTS) is 1. The Hall–Kier alpha value is -2.67. The average Bonchev–Trinajstić information content (AvgIpc) is 3.02. The number of amides is 1. The Morgan fingerprint density at radius 3 is 2.46 bits per heavy atom. The molecule has 6 nitrogen and oxygen atoms in total. The van der Waals surface area contributed by atoms with Crippen LogP contribution in [-0.2, 0) is 19.7 Å². The van der Waals surface area contributed by atoms with E-state index >= 15 is 0 Å². The van der Waals surface area contributed by atoms with Crippen LogP contribution in [0.15, 0.2) is 41.8 Å². The summed E-state index contributed by atoms with van der Waals surface area (Å²) in [5.41, 5.74) is -0.518. The molecule has 1 amide bonds. The molecule has 2 N–H and O–H groups in total. The lowest BCUT2D eigenvalue weighted by Crippen LogP contribution is -2.36. The van der Waals surface area contributed by atoms with Crippen molar-refractivity contribution >= 4 is 34.9 Å². The molecule has 24 heavy (non-hydrogen) atoms. The van der Waals surface area contributed by atoms with Crippen molar-refractivity contribution in [1.29, 1.82) is 0 Å². The van der Waals surface area contributed by atoms with E-state index in [-0.39, 0.29) is 11.3 Å². The van der Waals surface area contributed by atoms with Gasteiger partial charge in [0.25, 0.3) is 0 Å². The predicted molar refractivity (Wildman–Crippen MR) is 90.3 cm³/mol. The van der Waals surface area contributed by atoms with Crippen molar-refractivity contribution < 1.29 is 24.2 Å². The molecule has 0 fully saturated rings. The molecule has 2 aromatic rings. The molecule has 1 aromatic carbocycles. The SMILES string of the molecule is COC(=O)c1sccc1NC(=O)C[C@@](C)(C(=O)O)c1ccccc1. The Morgan fingerprint density at radius 2 is 1.88 bits per heavy atom. The van der Waals surface area contributed by atoms with Gasteiger partial charge in [0.05, 0.1) is 18.2 Å². The third kappa shape index (κ3) is 3.62. The van der Waals surface area contributed by atoms with Gasteiger partial charge in [0.15, 0.2) is 0 Å². The molecular weight excluding hydrogens is 330 g/mol. The van der Waals surface area contributed by atoms with E-state index in [1.165, 1.54) is 14.0 Å². The van der Waals surface area contributed by atoms with Crippen molar-refractivity contribution in [3.05, 3.63) is 52.2 Å². The minimum absolute atomic E-state index is 0.261. The van der Waals surface area contributed by atoms with Crippen LogP contribution in [-0.4, -0.2) is 30.1 Å². The molecule has 1 heterocycles. The molecule has 0 unspecified atom stereocenters. The van der Waals surface area contributed by atoms with E-state index in [2.05, 4.69) is 10.1 Å². The summed E-state index contributed by atoms with van der Waals surface area (Å²) in [6, 6.07) is 10.2. The van der Waals surface area contributed by atoms with Gasteiger partial charge in [-0.1, -0.05) is 30.3 Å². The number of thiophene rings is 1. The van der Waals surface area contributed by atoms with E-state index in [1.54, 1.807) is 41.8 Å². The molecule has 0 spiro atoms. The van der Waals surface area contributed by atoms with Crippen molar-refractivity contribution in [2.75, 3.05) is 12.4 Å². The van der Waals surface area contributed by atoms with Crippen LogP contribution in [0.5, 0.6) is 0 Å². The number of ether oxygens (including phenoxy) is 1. The minimum atomic E-state index is -1.37. The first-order valence-electron chi connectivity index (χ1n) is 7.13. The van der Waals surface area contributed by atoms with Crippen LogP contribution in [0.1, 0.15) is 28.6 Å². The lowest BCUT2D eigenvalue weighted by molar-refractivity contribution is -0.145. The summed E-state index contributed by atoms with van der Waals surface area (Å²) in [6.45, 7) is 1.50. The maximum absolute atomic E-state index is 12.3. The van der Waals surface area contributed by atoms with Crippen LogP contribution in [0.2, 0.25) is 0 Å². The van der Waals surface area contributed by atoms with Gasteiger partial charge in [-0.05, 0) is 23.9 Å². The van der Waals surface area contributed by atoms with E-state index in [4.69, 9.17) is 0 Å². The maximum atomic E-state index is 12.3. The Morgan fingerprint density at radius 1 is 1.21 bits per heavy atom. The normalized spacial score (nSPS) is 12.9. The monoisotopic (exact) mass is 347 g/mol. The number of aliphatic carboxylic acids is 1. The van der Waals surface area contributed by atoms with Gasteiger partial charge in [-0.2, -0.15) is 0 Å². The standard InChI is InChI=1S/C17H17NO5S/c1-17(16(21)22,11-6-4-3-5-7-11)10-13(19)18-12-8-9-24-14(12)15(20)23-2/h3-9H,10H2,1-2H3,(H,18,19)(H,21,22)/t17-/m1/s1. The zero-order valence-electron chi connectivity index (χ0n) is 13.2. The number of carbonyl (C=O) groups is 3. The van der Waals surface area contributed by atoms with Crippen molar-refractivity contribution in [1.82, 2.24) is 0 Å².